The van der Waals surface area contributed by atoms with Crippen LogP contribution in [0.4, 0.5) is 0 Å². The molecule has 0 bridgehead atoms. The number of ether oxygens (including phenoxy) is 2. The molecule has 1 unspecified atom stereocenters. The Balaban J connectivity index is 1.85. The topological polar surface area (TPSA) is 96.3 Å². The summed E-state index contributed by atoms with van der Waals surface area (Å²) in [5.74, 6) is -0.0799. The van der Waals surface area contributed by atoms with Gasteiger partial charge in [0.25, 0.3) is 0 Å². The minimum atomic E-state index is -1.01. The zero-order valence-electron chi connectivity index (χ0n) is 23.1. The highest BCUT2D eigenvalue weighted by atomic mass is 16.5. The number of benzene rings is 1. The first kappa shape index (κ1) is 29.7. The van der Waals surface area contributed by atoms with Gasteiger partial charge >= 0.3 is 5.97 Å². The van der Waals surface area contributed by atoms with E-state index in [0.29, 0.717) is 11.3 Å². The van der Waals surface area contributed by atoms with Gasteiger partial charge in [0, 0.05) is 30.8 Å². The molecule has 2 N–H and O–H groups in total. The number of aromatic hydroxyl groups is 1. The number of amides is 1. The third kappa shape index (κ3) is 8.54. The summed E-state index contributed by atoms with van der Waals surface area (Å²) < 4.78 is 11.0. The predicted octanol–water partition coefficient (Wildman–Crippen LogP) is 5.19. The highest BCUT2D eigenvalue weighted by molar-refractivity contribution is 5.92. The average molecular weight is 504 g/mol. The maximum atomic E-state index is 12.8. The van der Waals surface area contributed by atoms with E-state index in [-0.39, 0.29) is 41.7 Å². The van der Waals surface area contributed by atoms with Gasteiger partial charge in [-0.2, -0.15) is 0 Å². The Morgan fingerprint density at radius 3 is 2.25 bits per heavy atom. The third-order valence-electron chi connectivity index (χ3n) is 7.10. The molecule has 1 aliphatic heterocycles. The van der Waals surface area contributed by atoms with Crippen LogP contribution in [0.15, 0.2) is 24.3 Å². The minimum absolute atomic E-state index is 0.0288. The zero-order valence-corrected chi connectivity index (χ0v) is 23.1. The Kier molecular flexibility index (Phi) is 10.0. The van der Waals surface area contributed by atoms with Crippen LogP contribution in [-0.2, 0) is 14.3 Å². The molecular weight excluding hydrogens is 458 g/mol. The van der Waals surface area contributed by atoms with Crippen molar-refractivity contribution in [2.45, 2.75) is 80.3 Å². The number of hydrogen-bond acceptors (Lipinski definition) is 6. The van der Waals surface area contributed by atoms with E-state index in [4.69, 9.17) is 9.47 Å². The van der Waals surface area contributed by atoms with Crippen LogP contribution in [-0.4, -0.2) is 59.4 Å². The first-order valence-electron chi connectivity index (χ1n) is 12.9. The third-order valence-corrected chi connectivity index (χ3v) is 7.10. The summed E-state index contributed by atoms with van der Waals surface area (Å²) >= 11 is 0. The van der Waals surface area contributed by atoms with Crippen molar-refractivity contribution in [3.05, 3.63) is 29.8 Å². The molecule has 1 aliphatic rings. The molecule has 1 atom stereocenters. The Bertz CT molecular complexity index is 922. The number of rotatable bonds is 10. The van der Waals surface area contributed by atoms with Crippen molar-refractivity contribution in [2.75, 3.05) is 26.3 Å². The summed E-state index contributed by atoms with van der Waals surface area (Å²) in [4.78, 5) is 26.9. The molecule has 1 amide bonds. The molecule has 0 spiro atoms. The fraction of sp³-hybridized carbons (Fsp3) is 0.655. The molecule has 1 fully saturated rings. The Hall–Kier alpha value is -2.54. The molecule has 1 heterocycles. The number of aliphatic hydroxyl groups is 1. The Morgan fingerprint density at radius 1 is 1.03 bits per heavy atom. The maximum absolute atomic E-state index is 12.8. The fourth-order valence-corrected chi connectivity index (χ4v) is 4.55. The summed E-state index contributed by atoms with van der Waals surface area (Å²) in [6.45, 7) is 15.6. The van der Waals surface area contributed by atoms with E-state index in [1.54, 1.807) is 18.2 Å². The molecule has 0 aliphatic carbocycles. The van der Waals surface area contributed by atoms with Gasteiger partial charge in [-0.05, 0) is 68.6 Å². The second-order valence-corrected chi connectivity index (χ2v) is 12.2. The molecule has 202 valence electrons. The normalized spacial score (nSPS) is 16.2. The van der Waals surface area contributed by atoms with E-state index < -0.39 is 11.5 Å². The number of nitrogens with zero attached hydrogens (tertiary/aromatic N) is 1. The second kappa shape index (κ2) is 12.1. The molecule has 2 rings (SSSR count). The molecule has 7 nitrogen and oxygen atoms in total. The number of likely N-dealkylation sites (tertiary alicyclic amines) is 1. The minimum Gasteiger partial charge on any atom is -0.507 e. The van der Waals surface area contributed by atoms with E-state index in [0.717, 1.165) is 38.8 Å². The monoisotopic (exact) mass is 503 g/mol. The van der Waals surface area contributed by atoms with E-state index in [1.165, 1.54) is 12.1 Å². The molecule has 1 aromatic rings. The van der Waals surface area contributed by atoms with Crippen LogP contribution in [0.5, 0.6) is 11.5 Å². The first-order chi connectivity index (χ1) is 16.6. The quantitative estimate of drug-likeness (QED) is 0.337. The number of phenols is 1. The summed E-state index contributed by atoms with van der Waals surface area (Å²) in [7, 11) is 0. The van der Waals surface area contributed by atoms with Gasteiger partial charge in [-0.3, -0.25) is 9.59 Å². The van der Waals surface area contributed by atoms with Crippen LogP contribution in [0.2, 0.25) is 0 Å². The second-order valence-electron chi connectivity index (χ2n) is 12.2. The summed E-state index contributed by atoms with van der Waals surface area (Å²) in [6, 6.07) is 4.74. The molecular formula is C29H45NO6. The number of piperidine rings is 1. The lowest BCUT2D eigenvalue weighted by atomic mass is 9.61. The maximum Gasteiger partial charge on any atom is 0.312 e. The van der Waals surface area contributed by atoms with Crippen molar-refractivity contribution < 1.29 is 29.3 Å². The van der Waals surface area contributed by atoms with Gasteiger partial charge in [0.2, 0.25) is 5.91 Å². The SMILES string of the molecule is CC(C)(C)CC(C)(C)C(C)(C)C(=O)OCC(O)COc1ccc(/C=C/C(=O)N2CCCCC2)c(O)c1. The molecule has 0 saturated carbocycles. The summed E-state index contributed by atoms with van der Waals surface area (Å²) in [5, 5.41) is 20.6. The van der Waals surface area contributed by atoms with E-state index in [1.807, 2.05) is 18.7 Å². The van der Waals surface area contributed by atoms with Crippen molar-refractivity contribution in [1.82, 2.24) is 4.90 Å². The van der Waals surface area contributed by atoms with Crippen LogP contribution in [0, 0.1) is 16.2 Å². The van der Waals surface area contributed by atoms with Crippen molar-refractivity contribution >= 4 is 18.0 Å². The number of carbonyl (C=O) groups excluding carboxylic acids is 2. The molecule has 1 saturated heterocycles. The van der Waals surface area contributed by atoms with Crippen LogP contribution in [0.3, 0.4) is 0 Å². The molecule has 0 radical (unpaired) electrons. The summed E-state index contributed by atoms with van der Waals surface area (Å²) in [5.41, 5.74) is -0.461. The van der Waals surface area contributed by atoms with Gasteiger partial charge in [-0.25, -0.2) is 0 Å². The summed E-state index contributed by atoms with van der Waals surface area (Å²) in [6.07, 6.45) is 6.09. The van der Waals surface area contributed by atoms with Crippen molar-refractivity contribution in [3.63, 3.8) is 0 Å². The van der Waals surface area contributed by atoms with Crippen molar-refractivity contribution in [3.8, 4) is 11.5 Å². The fourth-order valence-electron chi connectivity index (χ4n) is 4.55. The van der Waals surface area contributed by atoms with Crippen LogP contribution < -0.4 is 4.74 Å². The van der Waals surface area contributed by atoms with Crippen LogP contribution in [0.1, 0.15) is 79.7 Å². The smallest absolute Gasteiger partial charge is 0.312 e. The number of esters is 1. The zero-order chi connectivity index (χ0) is 27.1. The van der Waals surface area contributed by atoms with Gasteiger partial charge in [0.15, 0.2) is 0 Å². The van der Waals surface area contributed by atoms with Gasteiger partial charge in [0.05, 0.1) is 5.41 Å². The number of carbonyl (C=O) groups is 2. The highest BCUT2D eigenvalue weighted by Gasteiger charge is 2.46. The van der Waals surface area contributed by atoms with E-state index >= 15 is 0 Å². The molecule has 36 heavy (non-hydrogen) atoms. The lowest BCUT2D eigenvalue weighted by Crippen LogP contribution is -2.43. The number of aliphatic hydroxyl groups excluding tert-OH is 1. The molecule has 7 heteroatoms. The van der Waals surface area contributed by atoms with Crippen LogP contribution >= 0.6 is 0 Å². The predicted molar refractivity (Wildman–Crippen MR) is 142 cm³/mol. The van der Waals surface area contributed by atoms with Gasteiger partial charge in [-0.1, -0.05) is 34.6 Å². The molecule has 0 aromatic heterocycles. The van der Waals surface area contributed by atoms with Gasteiger partial charge in [-0.15, -0.1) is 0 Å². The largest absolute Gasteiger partial charge is 0.507 e. The van der Waals surface area contributed by atoms with E-state index in [9.17, 15) is 19.8 Å². The Labute approximate surface area is 216 Å². The van der Waals surface area contributed by atoms with Crippen molar-refractivity contribution in [2.24, 2.45) is 16.2 Å². The van der Waals surface area contributed by atoms with Crippen molar-refractivity contribution in [1.29, 1.82) is 0 Å². The van der Waals surface area contributed by atoms with Gasteiger partial charge < -0.3 is 24.6 Å². The lowest BCUT2D eigenvalue weighted by Gasteiger charge is -2.43. The Morgan fingerprint density at radius 2 is 1.67 bits per heavy atom. The lowest BCUT2D eigenvalue weighted by molar-refractivity contribution is -0.165. The highest BCUT2D eigenvalue weighted by Crippen LogP contribution is 2.47. The standard InChI is InChI=1S/C29H45NO6/c1-27(2,3)20-28(4,5)29(6,7)26(34)36-19-22(31)18-35-23-13-11-21(24(32)17-23)12-14-25(33)30-15-9-8-10-16-30/h11-14,17,22,31-32H,8-10,15-16,18-20H2,1-7H3/b14-12+. The van der Waals surface area contributed by atoms with Gasteiger partial charge in [0.1, 0.15) is 30.8 Å². The van der Waals surface area contributed by atoms with Crippen LogP contribution in [0.25, 0.3) is 6.08 Å². The average Bonchev–Trinajstić information content (AvgIpc) is 2.79. The number of hydrogen-bond donors (Lipinski definition) is 2. The number of phenolic OH excluding ortho intramolecular Hbond substituents is 1. The van der Waals surface area contributed by atoms with E-state index in [2.05, 4.69) is 34.6 Å². The first-order valence-corrected chi connectivity index (χ1v) is 12.9. The molecule has 1 aromatic carbocycles.